The summed E-state index contributed by atoms with van der Waals surface area (Å²) in [6.07, 6.45) is -5.00. The number of hydrogen-bond donors (Lipinski definition) is 1. The number of carbonyl (C=O) groups excluding carboxylic acids is 1. The second kappa shape index (κ2) is 5.64. The van der Waals surface area contributed by atoms with E-state index in [1.165, 1.54) is 6.92 Å². The maximum atomic E-state index is 12.2. The molecule has 0 aromatic heterocycles. The first-order valence-electron chi connectivity index (χ1n) is 5.11. The van der Waals surface area contributed by atoms with Gasteiger partial charge < -0.3 is 14.6 Å². The van der Waals surface area contributed by atoms with Gasteiger partial charge in [0.2, 0.25) is 0 Å². The minimum absolute atomic E-state index is 0.0660. The predicted molar refractivity (Wildman–Crippen MR) is 60.5 cm³/mol. The fourth-order valence-corrected chi connectivity index (χ4v) is 1.12. The van der Waals surface area contributed by atoms with Crippen molar-refractivity contribution in [2.75, 3.05) is 0 Å². The Morgan fingerprint density at radius 1 is 1.25 bits per heavy atom. The second-order valence-electron chi connectivity index (χ2n) is 3.68. The molecule has 1 N–H and O–H groups in total. The van der Waals surface area contributed by atoms with E-state index in [2.05, 4.69) is 16.1 Å². The Morgan fingerprint density at radius 3 is 2.30 bits per heavy atom. The number of hydrogen-bond acceptors (Lipinski definition) is 4. The molecule has 20 heavy (non-hydrogen) atoms. The van der Waals surface area contributed by atoms with E-state index in [9.17, 15) is 22.8 Å². The van der Waals surface area contributed by atoms with Gasteiger partial charge >= 0.3 is 18.3 Å². The molecule has 0 saturated heterocycles. The van der Waals surface area contributed by atoms with Gasteiger partial charge in [-0.25, -0.2) is 9.59 Å². The summed E-state index contributed by atoms with van der Waals surface area (Å²) in [5, 5.41) is 8.75. The number of alkyl halides is 3. The normalized spacial score (nSPS) is 10.8. The first-order chi connectivity index (χ1) is 9.10. The van der Waals surface area contributed by atoms with Crippen molar-refractivity contribution in [3.05, 3.63) is 35.9 Å². The highest BCUT2D eigenvalue weighted by Crippen LogP contribution is 2.33. The molecule has 0 bridgehead atoms. The lowest BCUT2D eigenvalue weighted by Gasteiger charge is -2.13. The molecule has 0 amide bonds. The van der Waals surface area contributed by atoms with E-state index >= 15 is 0 Å². The predicted octanol–water partition coefficient (Wildman–Crippen LogP) is 2.76. The van der Waals surface area contributed by atoms with Crippen molar-refractivity contribution in [3.8, 4) is 11.5 Å². The molecule has 0 spiro atoms. The van der Waals surface area contributed by atoms with Crippen LogP contribution in [0.5, 0.6) is 11.5 Å². The van der Waals surface area contributed by atoms with Gasteiger partial charge in [-0.1, -0.05) is 6.58 Å². The van der Waals surface area contributed by atoms with Gasteiger partial charge in [0.1, 0.15) is 0 Å². The molecule has 0 atom stereocenters. The van der Waals surface area contributed by atoms with E-state index in [0.29, 0.717) is 0 Å². The molecule has 8 heteroatoms. The van der Waals surface area contributed by atoms with Crippen LogP contribution in [0.2, 0.25) is 0 Å². The average molecular weight is 290 g/mol. The van der Waals surface area contributed by atoms with E-state index in [1.54, 1.807) is 0 Å². The molecule has 1 aromatic rings. The zero-order chi connectivity index (χ0) is 15.5. The van der Waals surface area contributed by atoms with Crippen LogP contribution in [0.1, 0.15) is 17.3 Å². The highest BCUT2D eigenvalue weighted by Gasteiger charge is 2.33. The summed E-state index contributed by atoms with van der Waals surface area (Å²) in [5.74, 6) is -3.87. The van der Waals surface area contributed by atoms with Crippen LogP contribution in [0, 0.1) is 0 Å². The van der Waals surface area contributed by atoms with Crippen LogP contribution in [-0.2, 0) is 4.79 Å². The lowest BCUT2D eigenvalue weighted by Crippen LogP contribution is -2.19. The molecule has 0 aliphatic rings. The molecule has 1 rings (SSSR count). The number of carbonyl (C=O) groups is 2. The zero-order valence-corrected chi connectivity index (χ0v) is 10.2. The molecule has 0 aliphatic heterocycles. The average Bonchev–Trinajstić information content (AvgIpc) is 2.28. The summed E-state index contributed by atoms with van der Waals surface area (Å²) < 4.78 is 44.8. The number of esters is 1. The van der Waals surface area contributed by atoms with E-state index < -0.39 is 29.8 Å². The summed E-state index contributed by atoms with van der Waals surface area (Å²) in [7, 11) is 0. The van der Waals surface area contributed by atoms with E-state index in [-0.39, 0.29) is 11.1 Å². The van der Waals surface area contributed by atoms with Crippen LogP contribution in [0.15, 0.2) is 30.4 Å². The van der Waals surface area contributed by atoms with Crippen molar-refractivity contribution in [2.45, 2.75) is 13.3 Å². The van der Waals surface area contributed by atoms with Gasteiger partial charge in [0, 0.05) is 5.57 Å². The van der Waals surface area contributed by atoms with Gasteiger partial charge in [-0.15, -0.1) is 13.2 Å². The first-order valence-corrected chi connectivity index (χ1v) is 5.11. The van der Waals surface area contributed by atoms with Crippen LogP contribution in [0.4, 0.5) is 13.2 Å². The van der Waals surface area contributed by atoms with Crippen molar-refractivity contribution in [3.63, 3.8) is 0 Å². The molecule has 5 nitrogen and oxygen atoms in total. The molecule has 0 aliphatic carbocycles. The van der Waals surface area contributed by atoms with E-state index in [1.807, 2.05) is 0 Å². The molecule has 0 unspecified atom stereocenters. The molecule has 0 radical (unpaired) electrons. The maximum Gasteiger partial charge on any atom is 0.573 e. The lowest BCUT2D eigenvalue weighted by molar-refractivity contribution is -0.275. The summed E-state index contributed by atoms with van der Waals surface area (Å²) in [6, 6.07) is 2.39. The van der Waals surface area contributed by atoms with Gasteiger partial charge in [-0.2, -0.15) is 0 Å². The Hall–Kier alpha value is -2.51. The smallest absolute Gasteiger partial charge is 0.478 e. The van der Waals surface area contributed by atoms with Crippen molar-refractivity contribution in [1.29, 1.82) is 0 Å². The SMILES string of the molecule is C=C(C)C(=O)Oc1cc(C(=O)O)ccc1OC(F)(F)F. The van der Waals surface area contributed by atoms with Crippen molar-refractivity contribution in [2.24, 2.45) is 0 Å². The number of ether oxygens (including phenoxy) is 2. The molecular formula is C12H9F3O5. The fourth-order valence-electron chi connectivity index (χ4n) is 1.12. The van der Waals surface area contributed by atoms with Crippen LogP contribution in [-0.4, -0.2) is 23.4 Å². The van der Waals surface area contributed by atoms with Gasteiger partial charge in [-0.3, -0.25) is 0 Å². The minimum Gasteiger partial charge on any atom is -0.478 e. The number of rotatable bonds is 4. The van der Waals surface area contributed by atoms with Gasteiger partial charge in [0.05, 0.1) is 5.56 Å². The van der Waals surface area contributed by atoms with Gasteiger partial charge in [0.15, 0.2) is 11.5 Å². The number of carboxylic acids is 1. The highest BCUT2D eigenvalue weighted by molar-refractivity contribution is 5.91. The summed E-state index contributed by atoms with van der Waals surface area (Å²) in [5.41, 5.74) is -0.423. The lowest BCUT2D eigenvalue weighted by atomic mass is 10.2. The zero-order valence-electron chi connectivity index (χ0n) is 10.2. The van der Waals surface area contributed by atoms with Crippen LogP contribution < -0.4 is 9.47 Å². The van der Waals surface area contributed by atoms with Crippen molar-refractivity contribution in [1.82, 2.24) is 0 Å². The Morgan fingerprint density at radius 2 is 1.85 bits per heavy atom. The first kappa shape index (κ1) is 15.5. The quantitative estimate of drug-likeness (QED) is 0.524. The number of aromatic carboxylic acids is 1. The van der Waals surface area contributed by atoms with Gasteiger partial charge in [0.25, 0.3) is 0 Å². The Labute approximate surface area is 111 Å². The van der Waals surface area contributed by atoms with Gasteiger partial charge in [-0.05, 0) is 25.1 Å². The monoisotopic (exact) mass is 290 g/mol. The standard InChI is InChI=1S/C12H9F3O5/c1-6(2)11(18)19-9-5-7(10(16)17)3-4-8(9)20-12(13,14)15/h3-5H,1H2,2H3,(H,16,17). The minimum atomic E-state index is -5.00. The maximum absolute atomic E-state index is 12.2. The second-order valence-corrected chi connectivity index (χ2v) is 3.68. The fraction of sp³-hybridized carbons (Fsp3) is 0.167. The van der Waals surface area contributed by atoms with Crippen LogP contribution >= 0.6 is 0 Å². The molecule has 1 aromatic carbocycles. The summed E-state index contributed by atoms with van der Waals surface area (Å²) in [6.45, 7) is 4.54. The topological polar surface area (TPSA) is 72.8 Å². The molecule has 108 valence electrons. The third-order valence-electron chi connectivity index (χ3n) is 1.97. The number of benzene rings is 1. The molecule has 0 fully saturated rings. The van der Waals surface area contributed by atoms with Crippen molar-refractivity contribution >= 4 is 11.9 Å². The Balaban J connectivity index is 3.19. The Kier molecular flexibility index (Phi) is 4.38. The Bertz CT molecular complexity index is 563. The van der Waals surface area contributed by atoms with Crippen LogP contribution in [0.25, 0.3) is 0 Å². The summed E-state index contributed by atoms with van der Waals surface area (Å²) in [4.78, 5) is 22.1. The number of halogens is 3. The third kappa shape index (κ3) is 4.30. The van der Waals surface area contributed by atoms with Crippen molar-refractivity contribution < 1.29 is 37.3 Å². The third-order valence-corrected chi connectivity index (χ3v) is 1.97. The largest absolute Gasteiger partial charge is 0.573 e. The van der Waals surface area contributed by atoms with E-state index in [4.69, 9.17) is 5.11 Å². The van der Waals surface area contributed by atoms with E-state index in [0.717, 1.165) is 18.2 Å². The number of carboxylic acid groups (broad SMARTS) is 1. The molecule has 0 saturated carbocycles. The molecule has 0 heterocycles. The molecular weight excluding hydrogens is 281 g/mol. The van der Waals surface area contributed by atoms with Crippen LogP contribution in [0.3, 0.4) is 0 Å². The summed E-state index contributed by atoms with van der Waals surface area (Å²) >= 11 is 0. The highest BCUT2D eigenvalue weighted by atomic mass is 19.4.